The van der Waals surface area contributed by atoms with E-state index in [0.29, 0.717) is 12.6 Å². The number of rotatable bonds is 7. The van der Waals surface area contributed by atoms with Gasteiger partial charge in [0.2, 0.25) is 0 Å². The second kappa shape index (κ2) is 6.25. The molecule has 1 aromatic rings. The molecule has 0 aliphatic heterocycles. The summed E-state index contributed by atoms with van der Waals surface area (Å²) in [5.74, 6) is -1.57. The van der Waals surface area contributed by atoms with Gasteiger partial charge in [0.1, 0.15) is 0 Å². The lowest BCUT2D eigenvalue weighted by Gasteiger charge is -2.22. The molecular formula is C14H19F2NO. The number of hydrogen-bond acceptors (Lipinski definition) is 2. The molecule has 0 unspecified atom stereocenters. The third kappa shape index (κ3) is 3.75. The van der Waals surface area contributed by atoms with E-state index < -0.39 is 11.6 Å². The van der Waals surface area contributed by atoms with Gasteiger partial charge in [-0.25, -0.2) is 8.78 Å². The van der Waals surface area contributed by atoms with Crippen LogP contribution in [0.4, 0.5) is 8.78 Å². The van der Waals surface area contributed by atoms with E-state index in [2.05, 4.69) is 4.90 Å². The fourth-order valence-corrected chi connectivity index (χ4v) is 2.13. The van der Waals surface area contributed by atoms with E-state index in [1.807, 2.05) is 0 Å². The van der Waals surface area contributed by atoms with Gasteiger partial charge in [0, 0.05) is 19.2 Å². The van der Waals surface area contributed by atoms with Crippen LogP contribution in [0.15, 0.2) is 18.2 Å². The normalized spacial score (nSPS) is 15.3. The van der Waals surface area contributed by atoms with Gasteiger partial charge in [0.25, 0.3) is 0 Å². The minimum atomic E-state index is -0.794. The van der Waals surface area contributed by atoms with Crippen molar-refractivity contribution >= 4 is 0 Å². The summed E-state index contributed by atoms with van der Waals surface area (Å²) in [6.45, 7) is 1.78. The number of aliphatic hydroxyl groups excluding tert-OH is 1. The third-order valence-electron chi connectivity index (χ3n) is 3.29. The molecule has 1 N–H and O–H groups in total. The highest BCUT2D eigenvalue weighted by Crippen LogP contribution is 2.28. The van der Waals surface area contributed by atoms with Crippen LogP contribution in [0.3, 0.4) is 0 Å². The van der Waals surface area contributed by atoms with Crippen LogP contribution in [-0.4, -0.2) is 29.2 Å². The summed E-state index contributed by atoms with van der Waals surface area (Å²) in [5.41, 5.74) is 0.810. The Balaban J connectivity index is 1.92. The van der Waals surface area contributed by atoms with Crippen LogP contribution in [-0.2, 0) is 6.54 Å². The van der Waals surface area contributed by atoms with E-state index in [0.717, 1.165) is 24.9 Å². The number of halogens is 2. The quantitative estimate of drug-likeness (QED) is 0.757. The van der Waals surface area contributed by atoms with Crippen molar-refractivity contribution in [3.63, 3.8) is 0 Å². The van der Waals surface area contributed by atoms with Gasteiger partial charge < -0.3 is 5.11 Å². The summed E-state index contributed by atoms with van der Waals surface area (Å²) in [4.78, 5) is 2.29. The Labute approximate surface area is 106 Å². The number of hydrogen-bond donors (Lipinski definition) is 1. The zero-order valence-corrected chi connectivity index (χ0v) is 10.4. The van der Waals surface area contributed by atoms with E-state index in [9.17, 15) is 8.78 Å². The van der Waals surface area contributed by atoms with E-state index in [1.165, 1.54) is 25.0 Å². The van der Waals surface area contributed by atoms with Crippen LogP contribution in [0.1, 0.15) is 31.2 Å². The van der Waals surface area contributed by atoms with Crippen molar-refractivity contribution in [1.82, 2.24) is 4.90 Å². The lowest BCUT2D eigenvalue weighted by atomic mass is 10.2. The van der Waals surface area contributed by atoms with E-state index in [1.54, 1.807) is 6.07 Å². The average molecular weight is 255 g/mol. The fourth-order valence-electron chi connectivity index (χ4n) is 2.13. The van der Waals surface area contributed by atoms with Gasteiger partial charge in [-0.05, 0) is 49.9 Å². The molecule has 18 heavy (non-hydrogen) atoms. The molecule has 0 radical (unpaired) electrons. The standard InChI is InChI=1S/C14H19F2NO/c15-13-6-3-11(9-14(13)16)10-17(12-4-5-12)7-1-2-8-18/h3,6,9,12,18H,1-2,4-5,7-8,10H2. The summed E-state index contributed by atoms with van der Waals surface area (Å²) < 4.78 is 26.0. The summed E-state index contributed by atoms with van der Waals surface area (Å²) in [7, 11) is 0. The van der Waals surface area contributed by atoms with Crippen LogP contribution >= 0.6 is 0 Å². The number of unbranched alkanes of at least 4 members (excludes halogenated alkanes) is 1. The predicted molar refractivity (Wildman–Crippen MR) is 66.1 cm³/mol. The first kappa shape index (κ1) is 13.4. The van der Waals surface area contributed by atoms with E-state index in [4.69, 9.17) is 5.11 Å². The maximum atomic E-state index is 13.1. The maximum Gasteiger partial charge on any atom is 0.159 e. The van der Waals surface area contributed by atoms with Crippen molar-refractivity contribution in [2.24, 2.45) is 0 Å². The third-order valence-corrected chi connectivity index (χ3v) is 3.29. The molecule has 0 amide bonds. The largest absolute Gasteiger partial charge is 0.396 e. The Bertz CT molecular complexity index is 393. The first-order valence-corrected chi connectivity index (χ1v) is 6.49. The fraction of sp³-hybridized carbons (Fsp3) is 0.571. The van der Waals surface area contributed by atoms with Crippen LogP contribution in [0.2, 0.25) is 0 Å². The number of nitrogens with zero attached hydrogens (tertiary/aromatic N) is 1. The molecule has 1 fully saturated rings. The van der Waals surface area contributed by atoms with Gasteiger partial charge in [0.15, 0.2) is 11.6 Å². The van der Waals surface area contributed by atoms with E-state index >= 15 is 0 Å². The minimum Gasteiger partial charge on any atom is -0.396 e. The molecule has 100 valence electrons. The smallest absolute Gasteiger partial charge is 0.159 e. The molecule has 4 heteroatoms. The van der Waals surface area contributed by atoms with Gasteiger partial charge in [-0.15, -0.1) is 0 Å². The first-order valence-electron chi connectivity index (χ1n) is 6.49. The Hall–Kier alpha value is -1.00. The monoisotopic (exact) mass is 255 g/mol. The van der Waals surface area contributed by atoms with Gasteiger partial charge in [-0.2, -0.15) is 0 Å². The molecule has 1 aliphatic carbocycles. The van der Waals surface area contributed by atoms with Crippen molar-refractivity contribution in [2.75, 3.05) is 13.2 Å². The molecule has 1 saturated carbocycles. The molecule has 1 aliphatic rings. The Kier molecular flexibility index (Phi) is 4.66. The minimum absolute atomic E-state index is 0.212. The van der Waals surface area contributed by atoms with E-state index in [-0.39, 0.29) is 6.61 Å². The van der Waals surface area contributed by atoms with Crippen molar-refractivity contribution in [2.45, 2.75) is 38.3 Å². The lowest BCUT2D eigenvalue weighted by molar-refractivity contribution is 0.228. The molecule has 0 aromatic heterocycles. The second-order valence-electron chi connectivity index (χ2n) is 4.88. The molecule has 0 atom stereocenters. The predicted octanol–water partition coefficient (Wildman–Crippen LogP) is 2.70. The van der Waals surface area contributed by atoms with Gasteiger partial charge in [-0.1, -0.05) is 6.07 Å². The Morgan fingerprint density at radius 1 is 1.17 bits per heavy atom. The zero-order valence-electron chi connectivity index (χ0n) is 10.4. The lowest BCUT2D eigenvalue weighted by Crippen LogP contribution is -2.27. The highest BCUT2D eigenvalue weighted by molar-refractivity contribution is 5.18. The molecule has 0 spiro atoms. The highest BCUT2D eigenvalue weighted by Gasteiger charge is 2.28. The topological polar surface area (TPSA) is 23.5 Å². The number of aliphatic hydroxyl groups is 1. The highest BCUT2D eigenvalue weighted by atomic mass is 19.2. The van der Waals surface area contributed by atoms with Gasteiger partial charge in [0.05, 0.1) is 0 Å². The molecular weight excluding hydrogens is 236 g/mol. The van der Waals surface area contributed by atoms with Crippen LogP contribution in [0.5, 0.6) is 0 Å². The molecule has 1 aromatic carbocycles. The molecule has 2 nitrogen and oxygen atoms in total. The van der Waals surface area contributed by atoms with Crippen molar-refractivity contribution in [1.29, 1.82) is 0 Å². The van der Waals surface area contributed by atoms with Crippen molar-refractivity contribution in [3.8, 4) is 0 Å². The first-order chi connectivity index (χ1) is 8.70. The van der Waals surface area contributed by atoms with Crippen LogP contribution in [0, 0.1) is 11.6 Å². The second-order valence-corrected chi connectivity index (χ2v) is 4.88. The summed E-state index contributed by atoms with van der Waals surface area (Å²) >= 11 is 0. The van der Waals surface area contributed by atoms with Crippen LogP contribution in [0.25, 0.3) is 0 Å². The Morgan fingerprint density at radius 2 is 1.94 bits per heavy atom. The summed E-state index contributed by atoms with van der Waals surface area (Å²) in [5, 5.41) is 8.78. The molecule has 0 heterocycles. The maximum absolute atomic E-state index is 13.1. The zero-order chi connectivity index (χ0) is 13.0. The van der Waals surface area contributed by atoms with Gasteiger partial charge >= 0.3 is 0 Å². The molecule has 0 bridgehead atoms. The SMILES string of the molecule is OCCCCN(Cc1ccc(F)c(F)c1)C1CC1. The van der Waals surface area contributed by atoms with Crippen molar-refractivity contribution < 1.29 is 13.9 Å². The Morgan fingerprint density at radius 3 is 2.56 bits per heavy atom. The summed E-state index contributed by atoms with van der Waals surface area (Å²) in [6, 6.07) is 4.68. The number of benzene rings is 1. The summed E-state index contributed by atoms with van der Waals surface area (Å²) in [6.07, 6.45) is 4.10. The van der Waals surface area contributed by atoms with Crippen LogP contribution < -0.4 is 0 Å². The average Bonchev–Trinajstić information content (AvgIpc) is 3.17. The van der Waals surface area contributed by atoms with Crippen molar-refractivity contribution in [3.05, 3.63) is 35.4 Å². The molecule has 0 saturated heterocycles. The molecule has 2 rings (SSSR count). The van der Waals surface area contributed by atoms with Gasteiger partial charge in [-0.3, -0.25) is 4.90 Å².